The standard InChI is InChI=1S/C34H26N3O4/c1-33-24-20-13-9-17-35-28(20)29-21(14-10-18-36(29)3)25(24)34(2,32(33)40)27-26(33)30(38)37(31(27)39)22-15-7-8-16-23(22)41-19-11-5-4-6-12-19/h4-18,26-27H,1-3H3/q+1. The van der Waals surface area contributed by atoms with Gasteiger partial charge in [0.05, 0.1) is 33.7 Å². The molecule has 8 rings (SSSR count). The van der Waals surface area contributed by atoms with Crippen LogP contribution in [0.15, 0.2) is 91.3 Å². The van der Waals surface area contributed by atoms with E-state index in [9.17, 15) is 14.4 Å². The van der Waals surface area contributed by atoms with Gasteiger partial charge >= 0.3 is 0 Å². The molecule has 200 valence electrons. The van der Waals surface area contributed by atoms with E-state index in [1.807, 2.05) is 92.3 Å². The fraction of sp³-hybridized carbons (Fsp3) is 0.206. The number of carbonyl (C=O) groups excluding carboxylic acids is 3. The molecule has 2 aromatic heterocycles. The van der Waals surface area contributed by atoms with Gasteiger partial charge in [0.15, 0.2) is 17.7 Å². The van der Waals surface area contributed by atoms with Crippen LogP contribution in [0.1, 0.15) is 25.0 Å². The number of aromatic nitrogens is 2. The average molecular weight is 541 g/mol. The number of hydrogen-bond donors (Lipinski definition) is 0. The molecule has 2 bridgehead atoms. The molecule has 7 heteroatoms. The van der Waals surface area contributed by atoms with E-state index in [0.717, 1.165) is 32.9 Å². The lowest BCUT2D eigenvalue weighted by atomic mass is 9.64. The van der Waals surface area contributed by atoms with E-state index >= 15 is 0 Å². The summed E-state index contributed by atoms with van der Waals surface area (Å²) in [5.74, 6) is -1.47. The molecule has 2 amide bonds. The monoisotopic (exact) mass is 540 g/mol. The third-order valence-electron chi connectivity index (χ3n) is 9.61. The number of hydrogen-bond acceptors (Lipinski definition) is 5. The first-order valence-corrected chi connectivity index (χ1v) is 13.7. The number of anilines is 1. The second-order valence-electron chi connectivity index (χ2n) is 11.6. The number of ketones is 1. The van der Waals surface area contributed by atoms with Gasteiger partial charge in [-0.25, -0.2) is 9.88 Å². The van der Waals surface area contributed by atoms with E-state index in [2.05, 4.69) is 0 Å². The Balaban J connectivity index is 1.37. The topological polar surface area (TPSA) is 80.5 Å². The molecule has 3 aromatic carbocycles. The van der Waals surface area contributed by atoms with Crippen LogP contribution in [0.2, 0.25) is 0 Å². The summed E-state index contributed by atoms with van der Waals surface area (Å²) < 4.78 is 8.16. The smallest absolute Gasteiger partial charge is 0.239 e. The largest absolute Gasteiger partial charge is 0.455 e. The molecule has 2 fully saturated rings. The van der Waals surface area contributed by atoms with Gasteiger partial charge in [-0.1, -0.05) is 36.4 Å². The van der Waals surface area contributed by atoms with Gasteiger partial charge in [0, 0.05) is 17.6 Å². The van der Waals surface area contributed by atoms with Gasteiger partial charge in [0.2, 0.25) is 17.3 Å². The number of carbonyl (C=O) groups is 3. The summed E-state index contributed by atoms with van der Waals surface area (Å²) in [6.07, 6.45) is 3.71. The number of rotatable bonds is 3. The summed E-state index contributed by atoms with van der Waals surface area (Å²) in [7, 11) is 1.96. The van der Waals surface area contributed by atoms with Crippen molar-refractivity contribution in [2.24, 2.45) is 18.9 Å². The Morgan fingerprint density at radius 1 is 0.780 bits per heavy atom. The number of amides is 2. The first-order chi connectivity index (χ1) is 19.8. The fourth-order valence-corrected chi connectivity index (χ4v) is 8.03. The molecule has 0 spiro atoms. The predicted octanol–water partition coefficient (Wildman–Crippen LogP) is 4.92. The van der Waals surface area contributed by atoms with E-state index in [0.29, 0.717) is 17.2 Å². The Bertz CT molecular complexity index is 2000. The lowest BCUT2D eigenvalue weighted by Gasteiger charge is -2.34. The van der Waals surface area contributed by atoms with Gasteiger partial charge in [-0.2, -0.15) is 4.57 Å². The number of Topliss-reactive ketones (excluding diaryl/α,β-unsaturated/α-hetero) is 1. The number of benzene rings is 3. The van der Waals surface area contributed by atoms with Crippen molar-refractivity contribution in [3.05, 3.63) is 102 Å². The lowest BCUT2D eigenvalue weighted by Crippen LogP contribution is -2.42. The number of pyridine rings is 2. The summed E-state index contributed by atoms with van der Waals surface area (Å²) in [5.41, 5.74) is 1.36. The van der Waals surface area contributed by atoms with Gasteiger partial charge in [0.25, 0.3) is 0 Å². The number of para-hydroxylation sites is 3. The normalized spacial score (nSPS) is 26.2. The Kier molecular flexibility index (Phi) is 4.58. The summed E-state index contributed by atoms with van der Waals surface area (Å²) in [6.45, 7) is 3.71. The average Bonchev–Trinajstić information content (AvgIpc) is 3.43. The summed E-state index contributed by atoms with van der Waals surface area (Å²) in [4.78, 5) is 49.4. The molecule has 4 atom stereocenters. The van der Waals surface area contributed by atoms with Crippen LogP contribution in [-0.2, 0) is 32.3 Å². The highest BCUT2D eigenvalue weighted by Crippen LogP contribution is 2.68. The Hall–Kier alpha value is -4.91. The Morgan fingerprint density at radius 2 is 1.41 bits per heavy atom. The maximum atomic E-state index is 14.5. The molecule has 4 unspecified atom stereocenters. The maximum Gasteiger partial charge on any atom is 0.239 e. The first kappa shape index (κ1) is 23.9. The molecule has 2 aliphatic carbocycles. The number of ether oxygens (including phenoxy) is 1. The Morgan fingerprint density at radius 3 is 2.15 bits per heavy atom. The molecule has 0 radical (unpaired) electrons. The molecule has 1 aliphatic heterocycles. The van der Waals surface area contributed by atoms with Crippen molar-refractivity contribution in [3.63, 3.8) is 0 Å². The van der Waals surface area contributed by atoms with E-state index < -0.39 is 22.7 Å². The lowest BCUT2D eigenvalue weighted by molar-refractivity contribution is -0.644. The van der Waals surface area contributed by atoms with Crippen LogP contribution < -0.4 is 14.2 Å². The van der Waals surface area contributed by atoms with Crippen LogP contribution in [0, 0.1) is 11.8 Å². The molecule has 1 saturated heterocycles. The minimum absolute atomic E-state index is 0.0747. The third-order valence-corrected chi connectivity index (χ3v) is 9.61. The van der Waals surface area contributed by atoms with Crippen LogP contribution >= 0.6 is 0 Å². The molecule has 5 aromatic rings. The van der Waals surface area contributed by atoms with Gasteiger partial charge in [0.1, 0.15) is 18.3 Å². The molecular weight excluding hydrogens is 514 g/mol. The van der Waals surface area contributed by atoms with Crippen molar-refractivity contribution >= 4 is 45.1 Å². The number of nitrogens with zero attached hydrogens (tertiary/aromatic N) is 3. The molecule has 3 heterocycles. The minimum Gasteiger partial charge on any atom is -0.455 e. The van der Waals surface area contributed by atoms with Gasteiger partial charge in [-0.3, -0.25) is 14.4 Å². The Labute approximate surface area is 236 Å². The van der Waals surface area contributed by atoms with Crippen molar-refractivity contribution < 1.29 is 23.7 Å². The van der Waals surface area contributed by atoms with Crippen molar-refractivity contribution in [1.29, 1.82) is 0 Å². The van der Waals surface area contributed by atoms with Crippen LogP contribution in [0.5, 0.6) is 11.5 Å². The second kappa shape index (κ2) is 7.85. The van der Waals surface area contributed by atoms with Gasteiger partial charge in [-0.15, -0.1) is 0 Å². The van der Waals surface area contributed by atoms with Crippen LogP contribution in [0.4, 0.5) is 5.69 Å². The second-order valence-corrected chi connectivity index (χ2v) is 11.6. The summed E-state index contributed by atoms with van der Waals surface area (Å²) >= 11 is 0. The van der Waals surface area contributed by atoms with Crippen molar-refractivity contribution in [2.75, 3.05) is 4.90 Å². The molecule has 0 N–H and O–H groups in total. The molecule has 3 aliphatic rings. The molecule has 1 saturated carbocycles. The van der Waals surface area contributed by atoms with Gasteiger partial charge < -0.3 is 4.74 Å². The van der Waals surface area contributed by atoms with E-state index in [1.165, 1.54) is 4.90 Å². The van der Waals surface area contributed by atoms with Crippen LogP contribution in [-0.4, -0.2) is 22.6 Å². The quantitative estimate of drug-likeness (QED) is 0.184. The number of fused-ring (bicyclic) bond motifs is 13. The van der Waals surface area contributed by atoms with Crippen molar-refractivity contribution in [2.45, 2.75) is 24.7 Å². The highest BCUT2D eigenvalue weighted by molar-refractivity contribution is 6.31. The highest BCUT2D eigenvalue weighted by atomic mass is 16.5. The fourth-order valence-electron chi connectivity index (χ4n) is 8.03. The van der Waals surface area contributed by atoms with Crippen LogP contribution in [0.25, 0.3) is 21.8 Å². The highest BCUT2D eigenvalue weighted by Gasteiger charge is 2.79. The minimum atomic E-state index is -1.19. The zero-order chi connectivity index (χ0) is 28.3. The van der Waals surface area contributed by atoms with Crippen molar-refractivity contribution in [3.8, 4) is 11.5 Å². The van der Waals surface area contributed by atoms with E-state index in [-0.39, 0.29) is 17.6 Å². The van der Waals surface area contributed by atoms with E-state index in [4.69, 9.17) is 9.72 Å². The summed E-state index contributed by atoms with van der Waals surface area (Å²) in [6, 6.07) is 24.1. The summed E-state index contributed by atoms with van der Waals surface area (Å²) in [5, 5.41) is 1.74. The van der Waals surface area contributed by atoms with Gasteiger partial charge in [-0.05, 0) is 61.4 Å². The predicted molar refractivity (Wildman–Crippen MR) is 153 cm³/mol. The SMILES string of the molecule is C[n+]1cccc2c3c(c4cccnc4c21)C1(C)C(=O)C3(C)C2C(=O)N(c3ccccc3Oc3ccccc3)C(=O)C21. The number of imide groups is 1. The molecule has 7 nitrogen and oxygen atoms in total. The van der Waals surface area contributed by atoms with Crippen LogP contribution in [0.3, 0.4) is 0 Å². The van der Waals surface area contributed by atoms with Crippen molar-refractivity contribution in [1.82, 2.24) is 4.98 Å². The zero-order valence-electron chi connectivity index (χ0n) is 22.8. The molecular formula is C34H26N3O4+. The zero-order valence-corrected chi connectivity index (χ0v) is 22.8. The van der Waals surface area contributed by atoms with E-state index in [1.54, 1.807) is 24.4 Å². The third kappa shape index (κ3) is 2.71. The maximum absolute atomic E-state index is 14.5. The first-order valence-electron chi connectivity index (χ1n) is 13.7. The molecule has 41 heavy (non-hydrogen) atoms. The number of aryl methyl sites for hydroxylation is 1.